The number of hydrogen-bond donors (Lipinski definition) is 0. The first kappa shape index (κ1) is 10.7. The molecule has 0 fully saturated rings. The Balaban J connectivity index is 3.93. The average molecular weight is 176 g/mol. The molecule has 4 heteroatoms. The molecule has 0 rings (SSSR count). The van der Waals surface area contributed by atoms with E-state index in [1.54, 1.807) is 14.2 Å². The van der Waals surface area contributed by atoms with Gasteiger partial charge < -0.3 is 13.6 Å². The van der Waals surface area contributed by atoms with Crippen molar-refractivity contribution in [3.63, 3.8) is 0 Å². The maximum Gasteiger partial charge on any atom is 0.376 e. The van der Waals surface area contributed by atoms with Crippen LogP contribution in [0.2, 0.25) is 6.04 Å². The summed E-state index contributed by atoms with van der Waals surface area (Å²) in [6.07, 6.45) is 1.93. The van der Waals surface area contributed by atoms with E-state index >= 15 is 0 Å². The van der Waals surface area contributed by atoms with Gasteiger partial charge in [-0.3, -0.25) is 0 Å². The van der Waals surface area contributed by atoms with Crippen molar-refractivity contribution in [2.45, 2.75) is 13.0 Å². The maximum absolute atomic E-state index is 5.28. The molecule has 3 nitrogen and oxygen atoms in total. The summed E-state index contributed by atoms with van der Waals surface area (Å²) in [5.41, 5.74) is 0. The van der Waals surface area contributed by atoms with Crippen LogP contribution in [0.4, 0.5) is 0 Å². The summed E-state index contributed by atoms with van der Waals surface area (Å²) in [7, 11) is 1.28. The van der Waals surface area contributed by atoms with Gasteiger partial charge in [-0.2, -0.15) is 0 Å². The molecular formula is C7H16O3Si. The van der Waals surface area contributed by atoms with Crippen LogP contribution in [0, 0.1) is 0 Å². The predicted octanol–water partition coefficient (Wildman–Crippen LogP) is 1.44. The zero-order valence-electron chi connectivity index (χ0n) is 7.42. The van der Waals surface area contributed by atoms with Gasteiger partial charge in [0.05, 0.1) is 6.26 Å². The second kappa shape index (κ2) is 5.34. The van der Waals surface area contributed by atoms with Crippen LogP contribution in [-0.2, 0) is 13.6 Å². The number of hydrogen-bond acceptors (Lipinski definition) is 3. The molecule has 11 heavy (non-hydrogen) atoms. The van der Waals surface area contributed by atoms with Gasteiger partial charge in [-0.15, -0.1) is 0 Å². The zero-order valence-corrected chi connectivity index (χ0v) is 8.42. The van der Waals surface area contributed by atoms with Gasteiger partial charge in [-0.25, -0.2) is 0 Å². The Kier molecular flexibility index (Phi) is 5.19. The number of ether oxygens (including phenoxy) is 1. The van der Waals surface area contributed by atoms with Crippen molar-refractivity contribution < 1.29 is 13.6 Å². The lowest BCUT2D eigenvalue weighted by Crippen LogP contribution is -2.44. The third kappa shape index (κ3) is 3.05. The van der Waals surface area contributed by atoms with Crippen molar-refractivity contribution in [3.05, 3.63) is 12.8 Å². The zero-order chi connectivity index (χ0) is 8.74. The molecule has 0 aromatic rings. The lowest BCUT2D eigenvalue weighted by Gasteiger charge is -2.24. The molecule has 0 N–H and O–H groups in total. The maximum atomic E-state index is 5.28. The monoisotopic (exact) mass is 176 g/mol. The molecule has 0 aromatic carbocycles. The summed E-state index contributed by atoms with van der Waals surface area (Å²) in [5.74, 6) is 0. The first-order valence-corrected chi connectivity index (χ1v) is 5.80. The fourth-order valence-corrected chi connectivity index (χ4v) is 2.33. The molecule has 0 aromatic heterocycles. The first-order chi connectivity index (χ1) is 5.24. The minimum atomic E-state index is -2.03. The van der Waals surface area contributed by atoms with E-state index in [1.165, 1.54) is 6.26 Å². The van der Waals surface area contributed by atoms with Crippen LogP contribution in [0.3, 0.4) is 0 Å². The molecule has 0 amide bonds. The van der Waals surface area contributed by atoms with E-state index in [2.05, 4.69) is 6.58 Å². The van der Waals surface area contributed by atoms with Crippen LogP contribution in [0.15, 0.2) is 12.8 Å². The van der Waals surface area contributed by atoms with Gasteiger partial charge in [-0.05, 0) is 6.04 Å². The second-order valence-electron chi connectivity index (χ2n) is 2.15. The van der Waals surface area contributed by atoms with Gasteiger partial charge in [0.1, 0.15) is 6.23 Å². The molecule has 0 saturated carbocycles. The van der Waals surface area contributed by atoms with Crippen molar-refractivity contribution in [2.24, 2.45) is 0 Å². The minimum Gasteiger partial charge on any atom is -0.500 e. The van der Waals surface area contributed by atoms with Crippen LogP contribution >= 0.6 is 0 Å². The van der Waals surface area contributed by atoms with Crippen LogP contribution in [0.5, 0.6) is 0 Å². The van der Waals surface area contributed by atoms with Crippen molar-refractivity contribution in [1.82, 2.24) is 0 Å². The molecule has 0 unspecified atom stereocenters. The lowest BCUT2D eigenvalue weighted by molar-refractivity contribution is 0.186. The van der Waals surface area contributed by atoms with Crippen molar-refractivity contribution in [3.8, 4) is 0 Å². The Morgan fingerprint density at radius 1 is 1.36 bits per heavy atom. The van der Waals surface area contributed by atoms with Crippen LogP contribution < -0.4 is 0 Å². The SMILES string of the molecule is C=COC[Si](CC)(OC)OC. The Labute approximate surface area is 69.2 Å². The Morgan fingerprint density at radius 2 is 1.91 bits per heavy atom. The molecular weight excluding hydrogens is 160 g/mol. The van der Waals surface area contributed by atoms with Gasteiger partial charge in [0.2, 0.25) is 0 Å². The molecule has 0 atom stereocenters. The summed E-state index contributed by atoms with van der Waals surface area (Å²) in [5, 5.41) is 0. The van der Waals surface area contributed by atoms with Gasteiger partial charge in [0.15, 0.2) is 0 Å². The number of rotatable bonds is 6. The highest BCUT2D eigenvalue weighted by Gasteiger charge is 2.34. The third-order valence-corrected chi connectivity index (χ3v) is 4.88. The average Bonchev–Trinajstić information content (AvgIpc) is 2.08. The molecule has 0 radical (unpaired) electrons. The molecule has 66 valence electrons. The fraction of sp³-hybridized carbons (Fsp3) is 0.714. The molecule has 0 aliphatic heterocycles. The van der Waals surface area contributed by atoms with Gasteiger partial charge in [-0.1, -0.05) is 13.5 Å². The topological polar surface area (TPSA) is 27.7 Å². The highest BCUT2D eigenvalue weighted by molar-refractivity contribution is 6.67. The van der Waals surface area contributed by atoms with Crippen molar-refractivity contribution >= 4 is 8.56 Å². The quantitative estimate of drug-likeness (QED) is 0.453. The summed E-state index contributed by atoms with van der Waals surface area (Å²) in [6, 6.07) is 0.883. The third-order valence-electron chi connectivity index (χ3n) is 1.70. The normalized spacial score (nSPS) is 11.2. The van der Waals surface area contributed by atoms with Crippen molar-refractivity contribution in [2.75, 3.05) is 20.4 Å². The Bertz CT molecular complexity index is 104. The minimum absolute atomic E-state index is 0.514. The lowest BCUT2D eigenvalue weighted by atomic mass is 11.0. The predicted molar refractivity (Wildman–Crippen MR) is 46.4 cm³/mol. The van der Waals surface area contributed by atoms with Gasteiger partial charge >= 0.3 is 8.56 Å². The molecule has 0 heterocycles. The van der Waals surface area contributed by atoms with E-state index in [0.29, 0.717) is 6.23 Å². The smallest absolute Gasteiger partial charge is 0.376 e. The van der Waals surface area contributed by atoms with Crippen LogP contribution in [0.25, 0.3) is 0 Å². The fourth-order valence-electron chi connectivity index (χ4n) is 0.778. The van der Waals surface area contributed by atoms with Gasteiger partial charge in [0, 0.05) is 14.2 Å². The highest BCUT2D eigenvalue weighted by Crippen LogP contribution is 2.11. The Hall–Kier alpha value is -0.323. The molecule has 0 aliphatic rings. The Morgan fingerprint density at radius 3 is 2.18 bits per heavy atom. The van der Waals surface area contributed by atoms with E-state index in [0.717, 1.165) is 6.04 Å². The van der Waals surface area contributed by atoms with Crippen molar-refractivity contribution in [1.29, 1.82) is 0 Å². The summed E-state index contributed by atoms with van der Waals surface area (Å²) >= 11 is 0. The van der Waals surface area contributed by atoms with Crippen LogP contribution in [0.1, 0.15) is 6.92 Å². The molecule has 0 bridgehead atoms. The van der Waals surface area contributed by atoms with E-state index in [-0.39, 0.29) is 0 Å². The summed E-state index contributed by atoms with van der Waals surface area (Å²) in [4.78, 5) is 0. The van der Waals surface area contributed by atoms with E-state index < -0.39 is 8.56 Å². The van der Waals surface area contributed by atoms with Gasteiger partial charge in [0.25, 0.3) is 0 Å². The molecule has 0 spiro atoms. The van der Waals surface area contributed by atoms with E-state index in [1.807, 2.05) is 6.92 Å². The highest BCUT2D eigenvalue weighted by atomic mass is 28.4. The molecule has 0 saturated heterocycles. The largest absolute Gasteiger partial charge is 0.500 e. The van der Waals surface area contributed by atoms with E-state index in [4.69, 9.17) is 13.6 Å². The first-order valence-electron chi connectivity index (χ1n) is 3.57. The van der Waals surface area contributed by atoms with Crippen LogP contribution in [-0.4, -0.2) is 29.0 Å². The summed E-state index contributed by atoms with van der Waals surface area (Å²) in [6.45, 7) is 5.49. The molecule has 0 aliphatic carbocycles. The van der Waals surface area contributed by atoms with E-state index in [9.17, 15) is 0 Å². The standard InChI is InChI=1S/C7H16O3Si/c1-5-10-7-11(6-2,8-3)9-4/h5H,1,6-7H2,2-4H3. The second-order valence-corrected chi connectivity index (χ2v) is 5.78. The summed E-state index contributed by atoms with van der Waals surface area (Å²) < 4.78 is 15.6.